The molecule has 0 radical (unpaired) electrons. The molecule has 2 rings (SSSR count). The van der Waals surface area contributed by atoms with Crippen LogP contribution in [0.25, 0.3) is 0 Å². The highest BCUT2D eigenvalue weighted by Crippen LogP contribution is 2.20. The molecule has 1 saturated heterocycles. The molecule has 0 unspecified atom stereocenters. The Morgan fingerprint density at radius 2 is 1.59 bits per heavy atom. The van der Waals surface area contributed by atoms with Gasteiger partial charge in [0.1, 0.15) is 30.8 Å². The Labute approximate surface area is 261 Å². The summed E-state index contributed by atoms with van der Waals surface area (Å²) in [6.07, 6.45) is 0.454. The van der Waals surface area contributed by atoms with Gasteiger partial charge in [-0.1, -0.05) is 58.0 Å². The van der Waals surface area contributed by atoms with Gasteiger partial charge in [0.05, 0.1) is 6.04 Å². The minimum Gasteiger partial charge on any atom is -0.445 e. The summed E-state index contributed by atoms with van der Waals surface area (Å²) in [5, 5.41) is 5.54. The Kier molecular flexibility index (Phi) is 13.9. The number of ether oxygens (including phenoxy) is 2. The first kappa shape index (κ1) is 36.4. The molecule has 44 heavy (non-hydrogen) atoms. The van der Waals surface area contributed by atoms with E-state index in [-0.39, 0.29) is 37.4 Å². The van der Waals surface area contributed by atoms with Gasteiger partial charge in [-0.15, -0.1) is 0 Å². The van der Waals surface area contributed by atoms with Crippen LogP contribution in [0.5, 0.6) is 0 Å². The van der Waals surface area contributed by atoms with E-state index >= 15 is 0 Å². The lowest BCUT2D eigenvalue weighted by atomic mass is 9.98. The number of hydrogen-bond donors (Lipinski definition) is 3. The maximum Gasteiger partial charge on any atom is 0.410 e. The highest BCUT2D eigenvalue weighted by Gasteiger charge is 2.36. The van der Waals surface area contributed by atoms with Gasteiger partial charge in [0, 0.05) is 13.1 Å². The molecule has 5 amide bonds. The van der Waals surface area contributed by atoms with E-state index in [1.165, 1.54) is 4.90 Å². The van der Waals surface area contributed by atoms with Gasteiger partial charge < -0.3 is 30.7 Å². The van der Waals surface area contributed by atoms with Crippen LogP contribution < -0.4 is 16.4 Å². The topological polar surface area (TPSA) is 160 Å². The number of nitrogens with one attached hydrogen (secondary N) is 2. The molecule has 1 aliphatic heterocycles. The molecule has 1 fully saturated rings. The number of primary amides is 1. The summed E-state index contributed by atoms with van der Waals surface area (Å²) in [5.41, 5.74) is 5.53. The maximum absolute atomic E-state index is 13.9. The number of benzene rings is 1. The van der Waals surface area contributed by atoms with E-state index in [9.17, 15) is 24.0 Å². The normalized spacial score (nSPS) is 16.6. The molecule has 0 aliphatic carbocycles. The molecule has 1 aromatic carbocycles. The van der Waals surface area contributed by atoms with Gasteiger partial charge >= 0.3 is 12.2 Å². The van der Waals surface area contributed by atoms with Gasteiger partial charge in [-0.2, -0.15) is 0 Å². The monoisotopic (exact) mass is 617 g/mol. The summed E-state index contributed by atoms with van der Waals surface area (Å²) in [6, 6.07) is 6.92. The van der Waals surface area contributed by atoms with Crippen molar-refractivity contribution >= 4 is 29.9 Å². The number of amides is 5. The van der Waals surface area contributed by atoms with Crippen molar-refractivity contribution in [3.8, 4) is 0 Å². The van der Waals surface area contributed by atoms with Gasteiger partial charge in [0.15, 0.2) is 0 Å². The van der Waals surface area contributed by atoms with Crippen LogP contribution in [0.4, 0.5) is 9.59 Å². The molecule has 0 spiro atoms. The number of alkyl carbamates (subject to hydrolysis) is 1. The molecule has 12 nitrogen and oxygen atoms in total. The first-order valence-corrected chi connectivity index (χ1v) is 15.4. The number of rotatable bonds is 13. The molecular formula is C32H51N5O7. The number of nitrogens with zero attached hydrogens (tertiary/aromatic N) is 2. The van der Waals surface area contributed by atoms with Crippen molar-refractivity contribution < 1.29 is 33.4 Å². The summed E-state index contributed by atoms with van der Waals surface area (Å²) >= 11 is 0. The van der Waals surface area contributed by atoms with Crippen LogP contribution in [-0.2, 0) is 30.5 Å². The molecule has 246 valence electrons. The van der Waals surface area contributed by atoms with E-state index in [2.05, 4.69) is 10.6 Å². The fourth-order valence-corrected chi connectivity index (χ4v) is 5.06. The van der Waals surface area contributed by atoms with Gasteiger partial charge in [-0.05, 0) is 63.9 Å². The van der Waals surface area contributed by atoms with Crippen molar-refractivity contribution in [1.29, 1.82) is 0 Å². The van der Waals surface area contributed by atoms with E-state index in [0.717, 1.165) is 5.56 Å². The number of likely N-dealkylation sites (tertiary alicyclic amines) is 1. The lowest BCUT2D eigenvalue weighted by Crippen LogP contribution is -2.59. The van der Waals surface area contributed by atoms with Crippen molar-refractivity contribution in [3.05, 3.63) is 35.9 Å². The smallest absolute Gasteiger partial charge is 0.410 e. The van der Waals surface area contributed by atoms with Gasteiger partial charge in [-0.3, -0.25) is 19.3 Å². The molecule has 4 N–H and O–H groups in total. The minimum atomic E-state index is -0.896. The minimum absolute atomic E-state index is 0.0294. The summed E-state index contributed by atoms with van der Waals surface area (Å²) in [4.78, 5) is 67.7. The van der Waals surface area contributed by atoms with Crippen molar-refractivity contribution in [2.24, 2.45) is 17.6 Å². The first-order valence-electron chi connectivity index (χ1n) is 15.4. The number of hydrogen-bond acceptors (Lipinski definition) is 7. The molecule has 1 aromatic rings. The van der Waals surface area contributed by atoms with Crippen LogP contribution in [0.3, 0.4) is 0 Å². The summed E-state index contributed by atoms with van der Waals surface area (Å²) in [7, 11) is 0. The SMILES string of the molecule is CC(C)C[C@H](NC(=O)OC(C)(C)C)C(=O)N[C@@H](CC(C)C)C(=O)N1CCC[C@H](N(CC(N)=O)C(=O)OCc2ccccc2)C1. The average Bonchev–Trinajstić information content (AvgIpc) is 2.92. The Bertz CT molecular complexity index is 1120. The predicted molar refractivity (Wildman–Crippen MR) is 166 cm³/mol. The number of nitrogens with two attached hydrogens (primary N) is 1. The first-order chi connectivity index (χ1) is 20.6. The highest BCUT2D eigenvalue weighted by atomic mass is 16.6. The van der Waals surface area contributed by atoms with Crippen molar-refractivity contribution in [1.82, 2.24) is 20.4 Å². The van der Waals surface area contributed by atoms with Gasteiger partial charge in [0.25, 0.3) is 0 Å². The lowest BCUT2D eigenvalue weighted by molar-refractivity contribution is -0.139. The fourth-order valence-electron chi connectivity index (χ4n) is 5.06. The Morgan fingerprint density at radius 1 is 0.977 bits per heavy atom. The van der Waals surface area contributed by atoms with E-state index in [1.54, 1.807) is 25.7 Å². The summed E-state index contributed by atoms with van der Waals surface area (Å²) in [5.74, 6) is -1.30. The van der Waals surface area contributed by atoms with Crippen molar-refractivity contribution in [2.45, 2.75) is 104 Å². The van der Waals surface area contributed by atoms with Crippen molar-refractivity contribution in [3.63, 3.8) is 0 Å². The van der Waals surface area contributed by atoms with E-state index in [4.69, 9.17) is 15.2 Å². The third-order valence-electron chi connectivity index (χ3n) is 6.95. The standard InChI is InChI=1S/C32H51N5O7/c1-21(2)16-25(35-30(41)44-32(5,6)7)28(39)34-26(17-22(3)4)29(40)36-15-11-14-24(18-36)37(19-27(33)38)31(42)43-20-23-12-9-8-10-13-23/h8-10,12-13,21-22,24-26H,11,14-20H2,1-7H3,(H2,33,38)(H,34,39)(H,35,41)/t24-,25-,26-/m0/s1. The second kappa shape index (κ2) is 16.9. The maximum atomic E-state index is 13.9. The van der Waals surface area contributed by atoms with Gasteiger partial charge in [0.2, 0.25) is 17.7 Å². The largest absolute Gasteiger partial charge is 0.445 e. The van der Waals surface area contributed by atoms with Crippen LogP contribution in [0.15, 0.2) is 30.3 Å². The third-order valence-corrected chi connectivity index (χ3v) is 6.95. The zero-order chi connectivity index (χ0) is 33.0. The summed E-state index contributed by atoms with van der Waals surface area (Å²) < 4.78 is 10.8. The third kappa shape index (κ3) is 12.8. The van der Waals surface area contributed by atoms with E-state index < -0.39 is 47.7 Å². The molecule has 0 bridgehead atoms. The molecule has 0 saturated carbocycles. The molecule has 12 heteroatoms. The van der Waals surface area contributed by atoms with E-state index in [0.29, 0.717) is 32.2 Å². The zero-order valence-electron chi connectivity index (χ0n) is 27.3. The Balaban J connectivity index is 2.18. The van der Waals surface area contributed by atoms with Crippen molar-refractivity contribution in [2.75, 3.05) is 19.6 Å². The second-order valence-electron chi connectivity index (χ2n) is 13.2. The molecular weight excluding hydrogens is 566 g/mol. The molecule has 3 atom stereocenters. The highest BCUT2D eigenvalue weighted by molar-refractivity contribution is 5.91. The van der Waals surface area contributed by atoms with Crippen LogP contribution in [0.2, 0.25) is 0 Å². The zero-order valence-corrected chi connectivity index (χ0v) is 27.3. The predicted octanol–water partition coefficient (Wildman–Crippen LogP) is 3.57. The summed E-state index contributed by atoms with van der Waals surface area (Å²) in [6.45, 7) is 13.2. The average molecular weight is 618 g/mol. The fraction of sp³-hybridized carbons (Fsp3) is 0.656. The number of carbonyl (C=O) groups is 5. The molecule has 0 aromatic heterocycles. The Hall–Kier alpha value is -3.83. The quantitative estimate of drug-likeness (QED) is 0.305. The number of carbonyl (C=O) groups excluding carboxylic acids is 5. The van der Waals surface area contributed by atoms with E-state index in [1.807, 2.05) is 58.0 Å². The Morgan fingerprint density at radius 3 is 2.16 bits per heavy atom. The molecule has 1 aliphatic rings. The second-order valence-corrected chi connectivity index (χ2v) is 13.2. The van der Waals surface area contributed by atoms with Gasteiger partial charge in [-0.25, -0.2) is 9.59 Å². The number of piperidine rings is 1. The molecule has 1 heterocycles. The van der Waals surface area contributed by atoms with Crippen LogP contribution in [0, 0.1) is 11.8 Å². The van der Waals surface area contributed by atoms with Crippen LogP contribution in [0.1, 0.15) is 79.7 Å². The van der Waals surface area contributed by atoms with Crippen LogP contribution in [-0.4, -0.2) is 83.1 Å². The lowest BCUT2D eigenvalue weighted by Gasteiger charge is -2.40. The van der Waals surface area contributed by atoms with Crippen LogP contribution >= 0.6 is 0 Å².